The molecule has 0 aliphatic carbocycles. The highest BCUT2D eigenvalue weighted by Gasteiger charge is 2.22. The van der Waals surface area contributed by atoms with E-state index in [0.29, 0.717) is 5.92 Å². The maximum absolute atomic E-state index is 5.69. The van der Waals surface area contributed by atoms with Gasteiger partial charge in [-0.05, 0) is 51.2 Å². The molecule has 1 rings (SSSR count). The average molecular weight is 198 g/mol. The number of likely N-dealkylation sites (tertiary alicyclic amines) is 1. The Kier molecular flexibility index (Phi) is 5.49. The second-order valence-electron chi connectivity index (χ2n) is 4.76. The fourth-order valence-electron chi connectivity index (χ4n) is 2.47. The van der Waals surface area contributed by atoms with Crippen molar-refractivity contribution in [1.29, 1.82) is 0 Å². The van der Waals surface area contributed by atoms with E-state index in [4.69, 9.17) is 5.73 Å². The van der Waals surface area contributed by atoms with Crippen molar-refractivity contribution in [2.24, 2.45) is 11.7 Å². The summed E-state index contributed by atoms with van der Waals surface area (Å²) >= 11 is 0. The topological polar surface area (TPSA) is 29.3 Å². The highest BCUT2D eigenvalue weighted by molar-refractivity contribution is 4.78. The molecule has 0 amide bonds. The molecule has 1 fully saturated rings. The first kappa shape index (κ1) is 12.0. The summed E-state index contributed by atoms with van der Waals surface area (Å²) in [5.74, 6) is 0.692. The van der Waals surface area contributed by atoms with Crippen molar-refractivity contribution in [3.8, 4) is 0 Å². The van der Waals surface area contributed by atoms with Crippen LogP contribution in [0.25, 0.3) is 0 Å². The lowest BCUT2D eigenvalue weighted by molar-refractivity contribution is 0.128. The van der Waals surface area contributed by atoms with Gasteiger partial charge in [-0.3, -0.25) is 0 Å². The molecule has 84 valence electrons. The van der Waals surface area contributed by atoms with Gasteiger partial charge in [0.05, 0.1) is 0 Å². The fraction of sp³-hybridized carbons (Fsp3) is 1.00. The Bertz CT molecular complexity index is 145. The van der Waals surface area contributed by atoms with Crippen LogP contribution >= 0.6 is 0 Å². The van der Waals surface area contributed by atoms with E-state index in [1.54, 1.807) is 0 Å². The fourth-order valence-corrected chi connectivity index (χ4v) is 2.47. The van der Waals surface area contributed by atoms with Gasteiger partial charge >= 0.3 is 0 Å². The lowest BCUT2D eigenvalue weighted by Gasteiger charge is -2.36. The molecule has 2 heteroatoms. The first-order chi connectivity index (χ1) is 6.77. The van der Waals surface area contributed by atoms with Gasteiger partial charge in [-0.25, -0.2) is 0 Å². The van der Waals surface area contributed by atoms with Crippen LogP contribution in [-0.2, 0) is 0 Å². The Morgan fingerprint density at radius 1 is 1.43 bits per heavy atom. The summed E-state index contributed by atoms with van der Waals surface area (Å²) in [6.07, 6.45) is 6.80. The first-order valence-corrected chi connectivity index (χ1v) is 6.22. The van der Waals surface area contributed by atoms with Gasteiger partial charge in [0, 0.05) is 6.04 Å². The lowest BCUT2D eigenvalue weighted by atomic mass is 9.93. The van der Waals surface area contributed by atoms with Crippen LogP contribution in [0.2, 0.25) is 0 Å². The molecule has 0 saturated carbocycles. The van der Waals surface area contributed by atoms with Gasteiger partial charge < -0.3 is 10.6 Å². The Labute approximate surface area is 88.8 Å². The minimum atomic E-state index is 0.692. The number of nitrogens with two attached hydrogens (primary N) is 1. The molecule has 0 aromatic rings. The minimum Gasteiger partial charge on any atom is -0.330 e. The molecule has 2 unspecified atom stereocenters. The van der Waals surface area contributed by atoms with E-state index < -0.39 is 0 Å². The number of hydrogen-bond donors (Lipinski definition) is 1. The monoisotopic (exact) mass is 198 g/mol. The van der Waals surface area contributed by atoms with Crippen LogP contribution in [0.1, 0.15) is 46.0 Å². The molecule has 0 aromatic carbocycles. The maximum atomic E-state index is 5.69. The predicted molar refractivity (Wildman–Crippen MR) is 62.3 cm³/mol. The molecule has 1 saturated heterocycles. The van der Waals surface area contributed by atoms with Crippen molar-refractivity contribution in [1.82, 2.24) is 4.90 Å². The number of piperidine rings is 1. The third kappa shape index (κ3) is 3.58. The van der Waals surface area contributed by atoms with Gasteiger partial charge in [0.15, 0.2) is 0 Å². The normalized spacial score (nSPS) is 26.4. The highest BCUT2D eigenvalue weighted by atomic mass is 15.2. The quantitative estimate of drug-likeness (QED) is 0.734. The molecule has 2 atom stereocenters. The van der Waals surface area contributed by atoms with Gasteiger partial charge in [0.2, 0.25) is 0 Å². The molecule has 14 heavy (non-hydrogen) atoms. The summed E-state index contributed by atoms with van der Waals surface area (Å²) in [5.41, 5.74) is 5.69. The molecule has 2 N–H and O–H groups in total. The Hall–Kier alpha value is -0.0800. The van der Waals surface area contributed by atoms with Crippen molar-refractivity contribution < 1.29 is 0 Å². The van der Waals surface area contributed by atoms with E-state index in [-0.39, 0.29) is 0 Å². The average Bonchev–Trinajstić information content (AvgIpc) is 2.21. The molecule has 1 aliphatic rings. The van der Waals surface area contributed by atoms with Crippen molar-refractivity contribution in [3.63, 3.8) is 0 Å². The second-order valence-corrected chi connectivity index (χ2v) is 4.76. The van der Waals surface area contributed by atoms with Crippen LogP contribution in [-0.4, -0.2) is 30.6 Å². The summed E-state index contributed by atoms with van der Waals surface area (Å²) in [6.45, 7) is 7.99. The third-order valence-corrected chi connectivity index (χ3v) is 3.34. The van der Waals surface area contributed by atoms with E-state index in [9.17, 15) is 0 Å². The Morgan fingerprint density at radius 2 is 2.21 bits per heavy atom. The van der Waals surface area contributed by atoms with Crippen LogP contribution in [0, 0.1) is 5.92 Å². The maximum Gasteiger partial charge on any atom is 0.00982 e. The van der Waals surface area contributed by atoms with Crippen LogP contribution in [0.5, 0.6) is 0 Å². The predicted octanol–water partition coefficient (Wildman–Crippen LogP) is 2.24. The van der Waals surface area contributed by atoms with Gasteiger partial charge in [0.25, 0.3) is 0 Å². The van der Waals surface area contributed by atoms with E-state index in [0.717, 1.165) is 12.6 Å². The molecule has 1 heterocycles. The zero-order valence-corrected chi connectivity index (χ0v) is 9.84. The summed E-state index contributed by atoms with van der Waals surface area (Å²) in [5, 5.41) is 0. The minimum absolute atomic E-state index is 0.692. The van der Waals surface area contributed by atoms with Crippen LogP contribution in [0.15, 0.2) is 0 Å². The SMILES string of the molecule is CCCN1CCCCC1CC(C)CN. The summed E-state index contributed by atoms with van der Waals surface area (Å²) in [7, 11) is 0. The standard InChI is InChI=1S/C12H26N2/c1-3-7-14-8-5-4-6-12(14)9-11(2)10-13/h11-12H,3-10,13H2,1-2H3. The third-order valence-electron chi connectivity index (χ3n) is 3.34. The zero-order valence-electron chi connectivity index (χ0n) is 9.84. The molecule has 0 radical (unpaired) electrons. The van der Waals surface area contributed by atoms with E-state index in [1.807, 2.05) is 0 Å². The molecule has 0 bridgehead atoms. The van der Waals surface area contributed by atoms with Crippen molar-refractivity contribution in [3.05, 3.63) is 0 Å². The molecule has 0 spiro atoms. The second kappa shape index (κ2) is 6.41. The van der Waals surface area contributed by atoms with Crippen molar-refractivity contribution in [2.75, 3.05) is 19.6 Å². The summed E-state index contributed by atoms with van der Waals surface area (Å²) in [4.78, 5) is 2.68. The van der Waals surface area contributed by atoms with Crippen molar-refractivity contribution in [2.45, 2.75) is 52.0 Å². The van der Waals surface area contributed by atoms with Gasteiger partial charge in [0.1, 0.15) is 0 Å². The summed E-state index contributed by atoms with van der Waals surface area (Å²) in [6, 6.07) is 0.822. The molecule has 0 aromatic heterocycles. The molecule has 2 nitrogen and oxygen atoms in total. The van der Waals surface area contributed by atoms with Gasteiger partial charge in [-0.1, -0.05) is 20.3 Å². The lowest BCUT2D eigenvalue weighted by Crippen LogP contribution is -2.41. The molecule has 1 aliphatic heterocycles. The van der Waals surface area contributed by atoms with E-state index >= 15 is 0 Å². The smallest absolute Gasteiger partial charge is 0.00982 e. The summed E-state index contributed by atoms with van der Waals surface area (Å²) < 4.78 is 0. The largest absolute Gasteiger partial charge is 0.330 e. The van der Waals surface area contributed by atoms with E-state index in [1.165, 1.54) is 45.2 Å². The highest BCUT2D eigenvalue weighted by Crippen LogP contribution is 2.22. The van der Waals surface area contributed by atoms with Crippen molar-refractivity contribution >= 4 is 0 Å². The molecular weight excluding hydrogens is 172 g/mol. The van der Waals surface area contributed by atoms with Crippen LogP contribution < -0.4 is 5.73 Å². The van der Waals surface area contributed by atoms with Crippen LogP contribution in [0.3, 0.4) is 0 Å². The molecular formula is C12H26N2. The Balaban J connectivity index is 2.37. The van der Waals surface area contributed by atoms with Crippen LogP contribution in [0.4, 0.5) is 0 Å². The van der Waals surface area contributed by atoms with Gasteiger partial charge in [-0.2, -0.15) is 0 Å². The number of rotatable bonds is 5. The zero-order chi connectivity index (χ0) is 10.4. The number of hydrogen-bond acceptors (Lipinski definition) is 2. The Morgan fingerprint density at radius 3 is 2.86 bits per heavy atom. The first-order valence-electron chi connectivity index (χ1n) is 6.22. The van der Waals surface area contributed by atoms with Gasteiger partial charge in [-0.15, -0.1) is 0 Å². The van der Waals surface area contributed by atoms with E-state index in [2.05, 4.69) is 18.7 Å². The number of nitrogens with zero attached hydrogens (tertiary/aromatic N) is 1.